The third-order valence-corrected chi connectivity index (χ3v) is 7.22. The van der Waals surface area contributed by atoms with E-state index in [2.05, 4.69) is 30.8 Å². The summed E-state index contributed by atoms with van der Waals surface area (Å²) in [6.45, 7) is 2.34. The number of rotatable bonds is 22. The van der Waals surface area contributed by atoms with Gasteiger partial charge in [-0.05, 0) is 45.1 Å². The number of hydrogen-bond donors (Lipinski definition) is 7. The van der Waals surface area contributed by atoms with Gasteiger partial charge in [0.05, 0.1) is 19.1 Å². The Morgan fingerprint density at radius 2 is 1.35 bits per heavy atom. The maximum absolute atomic E-state index is 12.5. The minimum atomic E-state index is -1.48. The molecule has 8 N–H and O–H groups in total. The second-order valence-corrected chi connectivity index (χ2v) is 10.8. The Morgan fingerprint density at radius 3 is 1.83 bits per heavy atom. The van der Waals surface area contributed by atoms with Gasteiger partial charge in [0.25, 0.3) is 0 Å². The second kappa shape index (κ2) is 21.0. The molecule has 46 heavy (non-hydrogen) atoms. The van der Waals surface area contributed by atoms with Gasteiger partial charge >= 0.3 is 23.9 Å². The Bertz CT molecular complexity index is 1230. The molecule has 2 aromatic heterocycles. The second-order valence-electron chi connectivity index (χ2n) is 10.8. The van der Waals surface area contributed by atoms with E-state index in [1.807, 2.05) is 35.6 Å². The predicted molar refractivity (Wildman–Crippen MR) is 161 cm³/mol. The number of unbranched alkanes of at least 4 members (excludes halogenated alkanes) is 2. The molecule has 0 saturated heterocycles. The van der Waals surface area contributed by atoms with Gasteiger partial charge in [-0.25, -0.2) is 24.4 Å². The number of carbonyl (C=O) groups excluding carboxylic acids is 2. The van der Waals surface area contributed by atoms with Gasteiger partial charge < -0.3 is 46.1 Å². The Morgan fingerprint density at radius 1 is 0.826 bits per heavy atom. The fourth-order valence-electron chi connectivity index (χ4n) is 4.50. The zero-order valence-corrected chi connectivity index (χ0v) is 28.0. The van der Waals surface area contributed by atoms with Gasteiger partial charge in [-0.15, -0.1) is 0 Å². The van der Waals surface area contributed by atoms with Crippen LogP contribution in [0.4, 0.5) is 4.79 Å². The maximum Gasteiger partial charge on any atom is 0.326 e. The first-order valence-corrected chi connectivity index (χ1v) is 14.8. The van der Waals surface area contributed by atoms with Crippen LogP contribution in [0.2, 0.25) is 0 Å². The Labute approximate surface area is 280 Å². The molecule has 2 aromatic rings. The fraction of sp³-hybridized carbons (Fsp3) is 0.607. The first kappa shape index (κ1) is 40.2. The number of imidazole rings is 2. The zero-order valence-electron chi connectivity index (χ0n) is 26.1. The van der Waals surface area contributed by atoms with Crippen LogP contribution in [0, 0.1) is 0 Å². The molecule has 0 spiro atoms. The number of nitrogens with one attached hydrogen (secondary N) is 3. The van der Waals surface area contributed by atoms with E-state index in [1.165, 1.54) is 0 Å². The molecule has 257 valence electrons. The molecule has 3 amide bonds. The van der Waals surface area contributed by atoms with E-state index >= 15 is 0 Å². The number of nitrogens with zero attached hydrogens (tertiary/aromatic N) is 5. The molecule has 0 aliphatic carbocycles. The number of aryl methyl sites for hydroxylation is 2. The number of hydrogen-bond acceptors (Lipinski definition) is 9. The molecule has 3 atom stereocenters. The molecule has 18 heteroatoms. The summed E-state index contributed by atoms with van der Waals surface area (Å²) in [7, 11) is 3.90. The van der Waals surface area contributed by atoms with Crippen LogP contribution >= 0.6 is 0 Å². The van der Waals surface area contributed by atoms with Crippen molar-refractivity contribution in [2.24, 2.45) is 19.8 Å². The Hall–Kier alpha value is -3.86. The summed E-state index contributed by atoms with van der Waals surface area (Å²) in [4.78, 5) is 69.1. The van der Waals surface area contributed by atoms with Crippen LogP contribution in [0.1, 0.15) is 63.0 Å². The van der Waals surface area contributed by atoms with E-state index in [4.69, 9.17) is 15.9 Å². The summed E-state index contributed by atoms with van der Waals surface area (Å²) >= 11 is 0. The number of aromatic nitrogens is 4. The number of aliphatic carboxylic acids is 3. The van der Waals surface area contributed by atoms with E-state index in [0.29, 0.717) is 32.4 Å². The molecule has 0 unspecified atom stereocenters. The van der Waals surface area contributed by atoms with Crippen molar-refractivity contribution in [2.45, 2.75) is 82.6 Å². The average Bonchev–Trinajstić information content (AvgIpc) is 3.58. The summed E-state index contributed by atoms with van der Waals surface area (Å²) in [5.41, 5.74) is 6.09. The molecule has 0 aromatic carbocycles. The summed E-state index contributed by atoms with van der Waals surface area (Å²) in [6, 6.07) is -4.50. The van der Waals surface area contributed by atoms with E-state index in [1.54, 1.807) is 12.4 Å². The van der Waals surface area contributed by atoms with Crippen molar-refractivity contribution < 1.29 is 59.4 Å². The van der Waals surface area contributed by atoms with E-state index in [9.17, 15) is 29.1 Å². The maximum atomic E-state index is 12.5. The van der Waals surface area contributed by atoms with Crippen molar-refractivity contribution in [2.75, 3.05) is 13.1 Å². The normalized spacial score (nSPS) is 12.9. The van der Waals surface area contributed by atoms with Crippen LogP contribution in [-0.2, 0) is 66.5 Å². The number of amides is 3. The minimum absolute atomic E-state index is 0. The van der Waals surface area contributed by atoms with Crippen LogP contribution in [0.5, 0.6) is 0 Å². The smallest absolute Gasteiger partial charge is 0.326 e. The van der Waals surface area contributed by atoms with Gasteiger partial charge in [-0.3, -0.25) is 14.5 Å². The van der Waals surface area contributed by atoms with Gasteiger partial charge in [0, 0.05) is 72.0 Å². The Balaban J connectivity index is 0.0000106. The van der Waals surface area contributed by atoms with Crippen molar-refractivity contribution in [3.63, 3.8) is 0 Å². The first-order chi connectivity index (χ1) is 21.4. The summed E-state index contributed by atoms with van der Waals surface area (Å²) in [6.07, 6.45) is 9.35. The number of carboxylic acid groups (broad SMARTS) is 3. The number of nitrogens with two attached hydrogens (primary N) is 1. The van der Waals surface area contributed by atoms with Crippen LogP contribution < -0.4 is 21.7 Å². The largest absolute Gasteiger partial charge is 0.481 e. The van der Waals surface area contributed by atoms with Crippen LogP contribution in [0.3, 0.4) is 0 Å². The van der Waals surface area contributed by atoms with Crippen molar-refractivity contribution in [3.8, 4) is 0 Å². The summed E-state index contributed by atoms with van der Waals surface area (Å²) < 4.78 is 3.95. The third-order valence-electron chi connectivity index (χ3n) is 7.22. The molecular formula is C28H45N9O8Tc. The summed E-state index contributed by atoms with van der Waals surface area (Å²) in [5, 5.41) is 34.3. The van der Waals surface area contributed by atoms with Gasteiger partial charge in [-0.1, -0.05) is 6.42 Å². The Kier molecular flexibility index (Phi) is 18.4. The van der Waals surface area contributed by atoms with Crippen molar-refractivity contribution in [1.29, 1.82) is 0 Å². The zero-order chi connectivity index (χ0) is 33.4. The standard InChI is InChI=1S/C28H45N9O8.Tc/c1-35-15-12-30-22(35)17-37(18-23-31-13-16-36(23)2)14-6-4-7-19(29)25(40)32-11-5-3-8-20(26(41)42)33-28(45)34-21(27(43)44)9-10-24(38)39;/h12-13,15-16,19-21H,3-11,14,17-18,29H2,1-2H3,(H,32,40)(H,38,39)(H,41,42)(H,43,44)(H2,33,34,45);/t19-,20-,21-;/m0./s1. The molecule has 1 radical (unpaired) electrons. The fourth-order valence-corrected chi connectivity index (χ4v) is 4.50. The minimum Gasteiger partial charge on any atom is -0.481 e. The molecule has 0 aliphatic heterocycles. The molecule has 2 heterocycles. The van der Waals surface area contributed by atoms with E-state index in [0.717, 1.165) is 31.0 Å². The van der Waals surface area contributed by atoms with Crippen molar-refractivity contribution >= 4 is 29.8 Å². The van der Waals surface area contributed by atoms with E-state index in [-0.39, 0.29) is 45.4 Å². The quantitative estimate of drug-likeness (QED) is 0.0792. The van der Waals surface area contributed by atoms with Crippen molar-refractivity contribution in [3.05, 3.63) is 36.4 Å². The van der Waals surface area contributed by atoms with Gasteiger partial charge in [-0.2, -0.15) is 0 Å². The molecular weight excluding hydrogens is 688 g/mol. The van der Waals surface area contributed by atoms with Crippen LogP contribution in [0.15, 0.2) is 24.8 Å². The van der Waals surface area contributed by atoms with Gasteiger partial charge in [0.15, 0.2) is 0 Å². The topological polar surface area (TPSA) is 247 Å². The number of carboxylic acids is 3. The number of urea groups is 1. The predicted octanol–water partition coefficient (Wildman–Crippen LogP) is 0.00780. The number of carbonyl (C=O) groups is 5. The third kappa shape index (κ3) is 14.9. The molecule has 0 bridgehead atoms. The molecule has 0 saturated carbocycles. The monoisotopic (exact) mass is 732 g/mol. The van der Waals surface area contributed by atoms with Gasteiger partial charge in [0.2, 0.25) is 5.91 Å². The molecule has 0 fully saturated rings. The SMILES string of the molecule is Cn1ccnc1CN(CCCC[C@H](N)C(=O)NCCCC[C@H](NC(=O)N[C@@H](CCC(=O)O)C(=O)O)C(=O)O)Cc1nccn1C.[Tc]. The van der Waals surface area contributed by atoms with Gasteiger partial charge in [0.1, 0.15) is 23.7 Å². The van der Waals surface area contributed by atoms with E-state index < -0.39 is 48.5 Å². The van der Waals surface area contributed by atoms with Crippen molar-refractivity contribution in [1.82, 2.24) is 40.0 Å². The van der Waals surface area contributed by atoms with Crippen LogP contribution in [-0.4, -0.2) is 100 Å². The van der Waals surface area contributed by atoms with Crippen LogP contribution in [0.25, 0.3) is 0 Å². The first-order valence-electron chi connectivity index (χ1n) is 14.8. The average molecular weight is 734 g/mol. The molecule has 0 aliphatic rings. The molecule has 17 nitrogen and oxygen atoms in total. The molecule has 2 rings (SSSR count). The summed E-state index contributed by atoms with van der Waals surface area (Å²) in [5.74, 6) is -2.40.